The second-order valence-electron chi connectivity index (χ2n) is 14.5. The minimum atomic E-state index is -1.31. The first-order chi connectivity index (χ1) is 28.6. The lowest BCUT2D eigenvalue weighted by Crippen LogP contribution is -2.59. The van der Waals surface area contributed by atoms with Gasteiger partial charge in [-0.2, -0.15) is 0 Å². The summed E-state index contributed by atoms with van der Waals surface area (Å²) in [5, 5.41) is 63.6. The number of nitrogens with two attached hydrogens (primary N) is 5. The molecule has 5 atom stereocenters. The van der Waals surface area contributed by atoms with Gasteiger partial charge in [0.2, 0.25) is 29.5 Å². The normalized spacial score (nSPS) is 13.0. The summed E-state index contributed by atoms with van der Waals surface area (Å²) in [6.45, 7) is 5.55. The van der Waals surface area contributed by atoms with Crippen molar-refractivity contribution in [3.05, 3.63) is 0 Å². The molecule has 0 saturated heterocycles. The molecule has 0 heterocycles. The standard InChI is InChI=1S/C35H70N20O6/c1-19(2)26(57)52-22(10-5-15-47-32(38)39)28(59)54-24(12-7-17-49-34(42)43)30(61)55-25(13-8-18-50-35(44)45)29(60)53-23(11-6-16-48-33(40)41)27(58)51-21(20(3)56)9-4-14-46-31(36)37/h19,21-25H,4-18H2,1-3H3,(H,51,58)(H,52,57)(H,53,60)(H,54,59)(H,55,61)(H4,36,37,46)(H4,38,39,47)(H4,40,41,48)(H4,42,43,49)(H4,44,45,50). The van der Waals surface area contributed by atoms with Crippen LogP contribution in [0.5, 0.6) is 0 Å². The van der Waals surface area contributed by atoms with Gasteiger partial charge in [-0.3, -0.25) is 55.8 Å². The van der Waals surface area contributed by atoms with Gasteiger partial charge in [-0.15, -0.1) is 0 Å². The van der Waals surface area contributed by atoms with Crippen molar-refractivity contribution in [3.8, 4) is 0 Å². The van der Waals surface area contributed by atoms with Gasteiger partial charge < -0.3 is 81.8 Å². The van der Waals surface area contributed by atoms with E-state index >= 15 is 0 Å². The number of carbonyl (C=O) groups is 6. The molecular formula is C35H70N20O6. The zero-order valence-electron chi connectivity index (χ0n) is 35.4. The fraction of sp³-hybridized carbons (Fsp3) is 0.686. The van der Waals surface area contributed by atoms with Crippen molar-refractivity contribution in [2.45, 2.75) is 115 Å². The Morgan fingerprint density at radius 1 is 0.377 bits per heavy atom. The van der Waals surface area contributed by atoms with E-state index in [9.17, 15) is 28.8 Å². The summed E-state index contributed by atoms with van der Waals surface area (Å²) in [6, 6.07) is -5.84. The highest BCUT2D eigenvalue weighted by Gasteiger charge is 2.32. The number of carbonyl (C=O) groups excluding carboxylic acids is 6. The summed E-state index contributed by atoms with van der Waals surface area (Å²) < 4.78 is 0. The van der Waals surface area contributed by atoms with Crippen molar-refractivity contribution in [3.63, 3.8) is 0 Å². The van der Waals surface area contributed by atoms with Crippen molar-refractivity contribution >= 4 is 65.1 Å². The molecule has 0 aromatic rings. The van der Waals surface area contributed by atoms with Gasteiger partial charge in [0, 0.05) is 38.6 Å². The van der Waals surface area contributed by atoms with Crippen molar-refractivity contribution in [1.29, 1.82) is 27.0 Å². The number of ketones is 1. The van der Waals surface area contributed by atoms with Crippen LogP contribution < -0.4 is 81.8 Å². The monoisotopic (exact) mass is 867 g/mol. The predicted octanol–water partition coefficient (Wildman–Crippen LogP) is -5.03. The van der Waals surface area contributed by atoms with Crippen LogP contribution in [-0.2, 0) is 28.8 Å². The largest absolute Gasteiger partial charge is 0.370 e. The predicted molar refractivity (Wildman–Crippen MR) is 231 cm³/mol. The number of guanidine groups is 5. The van der Waals surface area contributed by atoms with E-state index in [2.05, 4.69) is 53.2 Å². The average Bonchev–Trinajstić information content (AvgIpc) is 3.16. The molecule has 0 fully saturated rings. The van der Waals surface area contributed by atoms with Gasteiger partial charge in [0.05, 0.1) is 6.04 Å². The number of rotatable bonds is 31. The Bertz CT molecular complexity index is 1510. The molecular weight excluding hydrogens is 797 g/mol. The minimum absolute atomic E-state index is 0.00260. The van der Waals surface area contributed by atoms with Crippen LogP contribution in [-0.4, -0.2) is 128 Å². The van der Waals surface area contributed by atoms with Crippen LogP contribution in [0, 0.1) is 33.0 Å². The molecule has 26 nitrogen and oxygen atoms in total. The molecule has 25 N–H and O–H groups in total. The molecule has 0 saturated carbocycles. The van der Waals surface area contributed by atoms with Crippen LogP contribution in [0.1, 0.15) is 85.0 Å². The molecule has 0 aliphatic carbocycles. The molecule has 0 aromatic carbocycles. The van der Waals surface area contributed by atoms with Gasteiger partial charge in [0.15, 0.2) is 35.6 Å². The van der Waals surface area contributed by atoms with E-state index in [1.54, 1.807) is 13.8 Å². The highest BCUT2D eigenvalue weighted by atomic mass is 16.2. The third-order valence-corrected chi connectivity index (χ3v) is 8.79. The molecule has 26 heteroatoms. The maximum Gasteiger partial charge on any atom is 0.243 e. The molecule has 61 heavy (non-hydrogen) atoms. The maximum absolute atomic E-state index is 14.1. The highest BCUT2D eigenvalue weighted by Crippen LogP contribution is 2.08. The van der Waals surface area contributed by atoms with Crippen LogP contribution in [0.2, 0.25) is 0 Å². The smallest absolute Gasteiger partial charge is 0.243 e. The molecule has 346 valence electrons. The molecule has 5 amide bonds. The fourth-order valence-electron chi connectivity index (χ4n) is 5.53. The molecule has 0 aliphatic heterocycles. The second-order valence-corrected chi connectivity index (χ2v) is 14.5. The van der Waals surface area contributed by atoms with Gasteiger partial charge in [0.1, 0.15) is 24.2 Å². The average molecular weight is 867 g/mol. The summed E-state index contributed by atoms with van der Waals surface area (Å²) in [4.78, 5) is 80.7. The summed E-state index contributed by atoms with van der Waals surface area (Å²) in [6.07, 6.45) is 1.66. The summed E-state index contributed by atoms with van der Waals surface area (Å²) in [5.74, 6) is -5.68. The first-order valence-electron chi connectivity index (χ1n) is 20.1. The lowest BCUT2D eigenvalue weighted by atomic mass is 10.0. The SMILES string of the molecule is CC(=O)C(CCCNC(=N)N)NC(=O)C(CCCNC(=N)N)NC(=O)C(CCCNC(=N)N)NC(=O)C(CCCNC(=N)N)NC(=O)C(CCCNC(=N)N)NC(=O)C(C)C. The highest BCUT2D eigenvalue weighted by molar-refractivity contribution is 5.96. The lowest BCUT2D eigenvalue weighted by molar-refractivity contribution is -0.135. The molecule has 0 radical (unpaired) electrons. The van der Waals surface area contributed by atoms with Gasteiger partial charge in [-0.05, 0) is 71.1 Å². The van der Waals surface area contributed by atoms with E-state index in [0.717, 1.165) is 0 Å². The zero-order valence-corrected chi connectivity index (χ0v) is 35.4. The van der Waals surface area contributed by atoms with Crippen molar-refractivity contribution in [1.82, 2.24) is 53.2 Å². The number of amides is 5. The van der Waals surface area contributed by atoms with E-state index in [0.29, 0.717) is 12.8 Å². The van der Waals surface area contributed by atoms with Crippen molar-refractivity contribution < 1.29 is 28.8 Å². The van der Waals surface area contributed by atoms with Crippen LogP contribution in [0.3, 0.4) is 0 Å². The fourth-order valence-corrected chi connectivity index (χ4v) is 5.53. The Balaban J connectivity index is 6.57. The van der Waals surface area contributed by atoms with E-state index in [4.69, 9.17) is 55.7 Å². The third kappa shape index (κ3) is 26.9. The van der Waals surface area contributed by atoms with Gasteiger partial charge in [-0.1, -0.05) is 13.8 Å². The van der Waals surface area contributed by atoms with Crippen LogP contribution in [0.15, 0.2) is 0 Å². The van der Waals surface area contributed by atoms with Gasteiger partial charge in [0.25, 0.3) is 0 Å². The molecule has 0 rings (SSSR count). The second kappa shape index (κ2) is 30.4. The van der Waals surface area contributed by atoms with E-state index in [-0.39, 0.29) is 120 Å². The Kier molecular flexibility index (Phi) is 27.1. The quantitative estimate of drug-likeness (QED) is 0.0176. The van der Waals surface area contributed by atoms with Crippen LogP contribution >= 0.6 is 0 Å². The first-order valence-corrected chi connectivity index (χ1v) is 20.1. The van der Waals surface area contributed by atoms with E-state index in [1.807, 2.05) is 0 Å². The topological polar surface area (TPSA) is 472 Å². The number of hydrogen-bond acceptors (Lipinski definition) is 11. The van der Waals surface area contributed by atoms with Crippen molar-refractivity contribution in [2.24, 2.45) is 34.6 Å². The number of Topliss-reactive ketones (excluding diaryl/α,β-unsaturated/α-hetero) is 1. The van der Waals surface area contributed by atoms with Crippen molar-refractivity contribution in [2.75, 3.05) is 32.7 Å². The lowest BCUT2D eigenvalue weighted by Gasteiger charge is -2.27. The molecule has 0 bridgehead atoms. The van der Waals surface area contributed by atoms with Gasteiger partial charge in [-0.25, -0.2) is 0 Å². The Hall–Kier alpha value is -6.63. The number of nitrogens with one attached hydrogen (secondary N) is 15. The summed E-state index contributed by atoms with van der Waals surface area (Å²) >= 11 is 0. The molecule has 0 spiro atoms. The third-order valence-electron chi connectivity index (χ3n) is 8.79. The first kappa shape index (κ1) is 54.4. The molecule has 0 aliphatic rings. The van der Waals surface area contributed by atoms with Crippen LogP contribution in [0.4, 0.5) is 0 Å². The number of hydrogen-bond donors (Lipinski definition) is 20. The molecule has 0 aromatic heterocycles. The Morgan fingerprint density at radius 3 is 0.770 bits per heavy atom. The Labute approximate surface area is 356 Å². The van der Waals surface area contributed by atoms with E-state index in [1.165, 1.54) is 6.92 Å². The zero-order chi connectivity index (χ0) is 46.5. The minimum Gasteiger partial charge on any atom is -0.370 e. The van der Waals surface area contributed by atoms with Gasteiger partial charge >= 0.3 is 0 Å². The maximum atomic E-state index is 14.1. The Morgan fingerprint density at radius 2 is 0.574 bits per heavy atom. The van der Waals surface area contributed by atoms with Crippen LogP contribution in [0.25, 0.3) is 0 Å². The summed E-state index contributed by atoms with van der Waals surface area (Å²) in [7, 11) is 0. The van der Waals surface area contributed by atoms with E-state index < -0.39 is 65.7 Å². The summed E-state index contributed by atoms with van der Waals surface area (Å²) in [5.41, 5.74) is 26.9. The molecule has 5 unspecified atom stereocenters.